The molecule has 6 heteroatoms. The summed E-state index contributed by atoms with van der Waals surface area (Å²) < 4.78 is 11.1. The van der Waals surface area contributed by atoms with Gasteiger partial charge in [0.15, 0.2) is 6.10 Å². The summed E-state index contributed by atoms with van der Waals surface area (Å²) in [5.74, 6) is 1.01. The van der Waals surface area contributed by atoms with Crippen LogP contribution in [0.5, 0.6) is 11.6 Å². The molecule has 3 rings (SSSR count). The minimum absolute atomic E-state index is 0.209. The molecular formula is C23H25N3O3. The zero-order chi connectivity index (χ0) is 20.8. The molecule has 2 aromatic carbocycles. The summed E-state index contributed by atoms with van der Waals surface area (Å²) in [6.07, 6.45) is -0.618. The molecule has 29 heavy (non-hydrogen) atoms. The first kappa shape index (κ1) is 20.3. The number of nitrogens with zero attached hydrogens (tertiary/aromatic N) is 2. The van der Waals surface area contributed by atoms with E-state index < -0.39 is 6.10 Å². The van der Waals surface area contributed by atoms with Crippen LogP contribution in [-0.4, -0.2) is 28.8 Å². The molecule has 1 aromatic heterocycles. The van der Waals surface area contributed by atoms with Gasteiger partial charge in [-0.3, -0.25) is 4.79 Å². The fourth-order valence-corrected chi connectivity index (χ4v) is 2.75. The number of carbonyl (C=O) groups is 1. The SMILES string of the molecule is CCOc1ccc(-c2ccc(NC(=O)C(C)Oc3cc(C)ccc3C)cc2)nn1. The summed E-state index contributed by atoms with van der Waals surface area (Å²) in [6.45, 7) is 8.14. The Balaban J connectivity index is 1.62. The zero-order valence-corrected chi connectivity index (χ0v) is 17.1. The standard InChI is InChI=1S/C23H25N3O3/c1-5-28-22-13-12-20(25-26-22)18-8-10-19(11-9-18)24-23(27)17(4)29-21-14-15(2)6-7-16(21)3/h6-14,17H,5H2,1-4H3,(H,24,27). The van der Waals surface area contributed by atoms with Crippen LogP contribution in [0, 0.1) is 13.8 Å². The van der Waals surface area contributed by atoms with E-state index in [1.54, 1.807) is 13.0 Å². The van der Waals surface area contributed by atoms with Gasteiger partial charge in [0.1, 0.15) is 5.75 Å². The molecule has 3 aromatic rings. The van der Waals surface area contributed by atoms with E-state index in [-0.39, 0.29) is 5.91 Å². The van der Waals surface area contributed by atoms with Crippen molar-refractivity contribution >= 4 is 11.6 Å². The average Bonchev–Trinajstić information content (AvgIpc) is 2.72. The van der Waals surface area contributed by atoms with Crippen LogP contribution in [0.25, 0.3) is 11.3 Å². The normalized spacial score (nSPS) is 11.6. The number of nitrogens with one attached hydrogen (secondary N) is 1. The van der Waals surface area contributed by atoms with Crippen molar-refractivity contribution in [1.82, 2.24) is 10.2 Å². The van der Waals surface area contributed by atoms with E-state index in [1.165, 1.54) is 0 Å². The molecule has 0 aliphatic rings. The molecule has 0 radical (unpaired) electrons. The Hall–Kier alpha value is -3.41. The van der Waals surface area contributed by atoms with E-state index in [1.807, 2.05) is 69.3 Å². The average molecular weight is 391 g/mol. The minimum Gasteiger partial charge on any atom is -0.481 e. The van der Waals surface area contributed by atoms with Gasteiger partial charge in [0.25, 0.3) is 5.91 Å². The zero-order valence-electron chi connectivity index (χ0n) is 17.1. The van der Waals surface area contributed by atoms with Gasteiger partial charge in [-0.15, -0.1) is 10.2 Å². The second kappa shape index (κ2) is 9.19. The fourth-order valence-electron chi connectivity index (χ4n) is 2.75. The summed E-state index contributed by atoms with van der Waals surface area (Å²) >= 11 is 0. The first-order valence-electron chi connectivity index (χ1n) is 9.58. The van der Waals surface area contributed by atoms with Crippen LogP contribution in [0.2, 0.25) is 0 Å². The van der Waals surface area contributed by atoms with Gasteiger partial charge in [-0.2, -0.15) is 0 Å². The van der Waals surface area contributed by atoms with Crippen LogP contribution in [0.3, 0.4) is 0 Å². The lowest BCUT2D eigenvalue weighted by molar-refractivity contribution is -0.122. The maximum absolute atomic E-state index is 12.5. The van der Waals surface area contributed by atoms with E-state index in [4.69, 9.17) is 9.47 Å². The van der Waals surface area contributed by atoms with Crippen molar-refractivity contribution in [3.8, 4) is 22.9 Å². The Bertz CT molecular complexity index is 970. The van der Waals surface area contributed by atoms with Crippen molar-refractivity contribution < 1.29 is 14.3 Å². The summed E-state index contributed by atoms with van der Waals surface area (Å²) in [7, 11) is 0. The Morgan fingerprint density at radius 3 is 2.45 bits per heavy atom. The Labute approximate surface area is 170 Å². The van der Waals surface area contributed by atoms with Gasteiger partial charge in [0, 0.05) is 17.3 Å². The lowest BCUT2D eigenvalue weighted by Gasteiger charge is -2.17. The second-order valence-electron chi connectivity index (χ2n) is 6.79. The van der Waals surface area contributed by atoms with Gasteiger partial charge in [0.05, 0.1) is 12.3 Å². The highest BCUT2D eigenvalue weighted by Gasteiger charge is 2.16. The summed E-state index contributed by atoms with van der Waals surface area (Å²) in [5.41, 5.74) is 4.41. The summed E-state index contributed by atoms with van der Waals surface area (Å²) in [6, 6.07) is 17.0. The van der Waals surface area contributed by atoms with Gasteiger partial charge in [-0.25, -0.2) is 0 Å². The van der Waals surface area contributed by atoms with Gasteiger partial charge >= 0.3 is 0 Å². The maximum Gasteiger partial charge on any atom is 0.265 e. The minimum atomic E-state index is -0.618. The number of rotatable bonds is 7. The lowest BCUT2D eigenvalue weighted by Crippen LogP contribution is -2.30. The Morgan fingerprint density at radius 1 is 1.03 bits per heavy atom. The third-order valence-corrected chi connectivity index (χ3v) is 4.40. The molecule has 0 aliphatic heterocycles. The number of hydrogen-bond acceptors (Lipinski definition) is 5. The summed E-state index contributed by atoms with van der Waals surface area (Å²) in [5, 5.41) is 11.1. The quantitative estimate of drug-likeness (QED) is 0.639. The van der Waals surface area contributed by atoms with Crippen LogP contribution in [0.1, 0.15) is 25.0 Å². The first-order chi connectivity index (χ1) is 14.0. The van der Waals surface area contributed by atoms with E-state index in [0.717, 1.165) is 28.1 Å². The van der Waals surface area contributed by atoms with Crippen LogP contribution in [0.15, 0.2) is 54.6 Å². The molecule has 0 saturated heterocycles. The smallest absolute Gasteiger partial charge is 0.265 e. The van der Waals surface area contributed by atoms with Crippen molar-refractivity contribution in [3.63, 3.8) is 0 Å². The molecule has 0 saturated carbocycles. The predicted molar refractivity (Wildman–Crippen MR) is 113 cm³/mol. The maximum atomic E-state index is 12.5. The van der Waals surface area contributed by atoms with Gasteiger partial charge in [-0.05, 0) is 63.1 Å². The van der Waals surface area contributed by atoms with Crippen LogP contribution in [-0.2, 0) is 4.79 Å². The topological polar surface area (TPSA) is 73.3 Å². The number of amides is 1. The molecule has 1 N–H and O–H groups in total. The largest absolute Gasteiger partial charge is 0.481 e. The monoisotopic (exact) mass is 391 g/mol. The molecule has 1 unspecified atom stereocenters. The lowest BCUT2D eigenvalue weighted by atomic mass is 10.1. The molecule has 0 aliphatic carbocycles. The van der Waals surface area contributed by atoms with Crippen molar-refractivity contribution in [3.05, 3.63) is 65.7 Å². The predicted octanol–water partition coefficient (Wildman–Crippen LogP) is 4.57. The molecule has 1 heterocycles. The third kappa shape index (κ3) is 5.31. The number of benzene rings is 2. The molecule has 1 atom stereocenters. The number of anilines is 1. The second-order valence-corrected chi connectivity index (χ2v) is 6.79. The van der Waals surface area contributed by atoms with E-state index in [0.29, 0.717) is 18.2 Å². The highest BCUT2D eigenvalue weighted by atomic mass is 16.5. The van der Waals surface area contributed by atoms with Crippen molar-refractivity contribution in [2.45, 2.75) is 33.8 Å². The molecular weight excluding hydrogens is 366 g/mol. The molecule has 0 bridgehead atoms. The highest BCUT2D eigenvalue weighted by Crippen LogP contribution is 2.22. The van der Waals surface area contributed by atoms with E-state index >= 15 is 0 Å². The first-order valence-corrected chi connectivity index (χ1v) is 9.58. The molecule has 150 valence electrons. The van der Waals surface area contributed by atoms with Crippen molar-refractivity contribution in [1.29, 1.82) is 0 Å². The fraction of sp³-hybridized carbons (Fsp3) is 0.261. The molecule has 1 amide bonds. The number of hydrogen-bond donors (Lipinski definition) is 1. The van der Waals surface area contributed by atoms with Crippen LogP contribution in [0.4, 0.5) is 5.69 Å². The van der Waals surface area contributed by atoms with E-state index in [2.05, 4.69) is 15.5 Å². The Kier molecular flexibility index (Phi) is 6.44. The van der Waals surface area contributed by atoms with Crippen LogP contribution >= 0.6 is 0 Å². The molecule has 0 fully saturated rings. The van der Waals surface area contributed by atoms with Crippen molar-refractivity contribution in [2.75, 3.05) is 11.9 Å². The van der Waals surface area contributed by atoms with Gasteiger partial charge < -0.3 is 14.8 Å². The Morgan fingerprint density at radius 2 is 1.79 bits per heavy atom. The highest BCUT2D eigenvalue weighted by molar-refractivity contribution is 5.94. The van der Waals surface area contributed by atoms with E-state index in [9.17, 15) is 4.79 Å². The number of aryl methyl sites for hydroxylation is 2. The number of aromatic nitrogens is 2. The van der Waals surface area contributed by atoms with Crippen LogP contribution < -0.4 is 14.8 Å². The molecule has 0 spiro atoms. The van der Waals surface area contributed by atoms with Crippen molar-refractivity contribution in [2.24, 2.45) is 0 Å². The van der Waals surface area contributed by atoms with Gasteiger partial charge in [0.2, 0.25) is 5.88 Å². The number of carbonyl (C=O) groups excluding carboxylic acids is 1. The molecule has 6 nitrogen and oxygen atoms in total. The third-order valence-electron chi connectivity index (χ3n) is 4.40. The van der Waals surface area contributed by atoms with Gasteiger partial charge in [-0.1, -0.05) is 24.3 Å². The summed E-state index contributed by atoms with van der Waals surface area (Å²) in [4.78, 5) is 12.5. The number of ether oxygens (including phenoxy) is 2.